The van der Waals surface area contributed by atoms with E-state index in [1.807, 2.05) is 0 Å². The Hall–Kier alpha value is -2.45. The maximum Gasteiger partial charge on any atom is 0.308 e. The van der Waals surface area contributed by atoms with Gasteiger partial charge in [0, 0.05) is 0 Å². The van der Waals surface area contributed by atoms with Crippen molar-refractivity contribution in [1.82, 2.24) is 0 Å². The zero-order valence-corrected chi connectivity index (χ0v) is 27.9. The number of Topliss-reactive ketones (excluding diaryl/α,β-unsaturated/α-hetero) is 1. The first-order valence-electron chi connectivity index (χ1n) is 18.5. The first-order valence-corrected chi connectivity index (χ1v) is 18.5. The monoisotopic (exact) mass is 644 g/mol. The van der Waals surface area contributed by atoms with Crippen LogP contribution in [0.4, 0.5) is 0 Å². The van der Waals surface area contributed by atoms with Crippen LogP contribution in [0.1, 0.15) is 141 Å². The summed E-state index contributed by atoms with van der Waals surface area (Å²) in [6.07, 6.45) is 19.0. The third kappa shape index (κ3) is 8.71. The van der Waals surface area contributed by atoms with Gasteiger partial charge in [-0.1, -0.05) is 77.0 Å². The summed E-state index contributed by atoms with van der Waals surface area (Å²) in [4.78, 5) is 67.3. The minimum absolute atomic E-state index is 0.190. The molecule has 5 fully saturated rings. The molecule has 0 atom stereocenters. The lowest BCUT2D eigenvalue weighted by Gasteiger charge is -2.33. The van der Waals surface area contributed by atoms with Crippen molar-refractivity contribution in [1.29, 1.82) is 0 Å². The van der Waals surface area contributed by atoms with Crippen LogP contribution in [0.3, 0.4) is 0 Å². The molecule has 0 heterocycles. The third-order valence-corrected chi connectivity index (χ3v) is 11.8. The maximum absolute atomic E-state index is 14.7. The lowest BCUT2D eigenvalue weighted by Crippen LogP contribution is -2.48. The fourth-order valence-corrected chi connectivity index (χ4v) is 8.56. The van der Waals surface area contributed by atoms with Crippen molar-refractivity contribution in [2.24, 2.45) is 34.5 Å². The lowest BCUT2D eigenvalue weighted by atomic mass is 9.79. The van der Waals surface area contributed by atoms with Gasteiger partial charge in [0.05, 0.1) is 34.5 Å². The topological polar surface area (TPSA) is 122 Å². The van der Waals surface area contributed by atoms with Gasteiger partial charge in [-0.3, -0.25) is 24.0 Å². The molecule has 0 aromatic rings. The van der Waals surface area contributed by atoms with E-state index >= 15 is 0 Å². The Morgan fingerprint density at radius 2 is 0.630 bits per heavy atom. The van der Waals surface area contributed by atoms with Crippen LogP contribution in [0.2, 0.25) is 0 Å². The molecule has 0 aromatic carbocycles. The van der Waals surface area contributed by atoms with Crippen molar-refractivity contribution in [2.75, 3.05) is 26.4 Å². The van der Waals surface area contributed by atoms with Crippen LogP contribution in [0, 0.1) is 34.5 Å². The Balaban J connectivity index is 1.33. The van der Waals surface area contributed by atoms with Crippen LogP contribution in [-0.4, -0.2) is 56.1 Å². The van der Waals surface area contributed by atoms with E-state index in [2.05, 4.69) is 0 Å². The van der Waals surface area contributed by atoms with Crippen molar-refractivity contribution in [3.8, 4) is 0 Å². The van der Waals surface area contributed by atoms with Gasteiger partial charge in [-0.2, -0.15) is 0 Å². The molecule has 0 spiro atoms. The molecule has 0 bridgehead atoms. The molecule has 258 valence electrons. The van der Waals surface area contributed by atoms with E-state index in [9.17, 15) is 24.0 Å². The molecule has 0 unspecified atom stereocenters. The molecule has 5 saturated carbocycles. The molecule has 0 radical (unpaired) electrons. The summed E-state index contributed by atoms with van der Waals surface area (Å²) in [7, 11) is 0. The van der Waals surface area contributed by atoms with E-state index in [1.165, 1.54) is 0 Å². The molecule has 0 aliphatic heterocycles. The average Bonchev–Trinajstić information content (AvgIpc) is 3.39. The van der Waals surface area contributed by atoms with Crippen LogP contribution in [0.25, 0.3) is 0 Å². The second-order valence-electron chi connectivity index (χ2n) is 15.2. The van der Waals surface area contributed by atoms with Crippen molar-refractivity contribution in [3.05, 3.63) is 0 Å². The number of esters is 4. The summed E-state index contributed by atoms with van der Waals surface area (Å²) in [5, 5.41) is 0. The van der Waals surface area contributed by atoms with Gasteiger partial charge in [-0.15, -0.1) is 0 Å². The molecule has 0 N–H and O–H groups in total. The summed E-state index contributed by atoms with van der Waals surface area (Å²) in [6.45, 7) is -0.802. The number of hydrogen-bond acceptors (Lipinski definition) is 9. The first-order chi connectivity index (χ1) is 22.3. The third-order valence-electron chi connectivity index (χ3n) is 11.8. The number of ether oxygens (including phenoxy) is 4. The zero-order chi connectivity index (χ0) is 32.4. The Kier molecular flexibility index (Phi) is 12.6. The van der Waals surface area contributed by atoms with E-state index in [0.29, 0.717) is 0 Å². The maximum atomic E-state index is 14.7. The van der Waals surface area contributed by atoms with Crippen molar-refractivity contribution >= 4 is 29.7 Å². The fraction of sp³-hybridized carbons (Fsp3) is 0.865. The summed E-state index contributed by atoms with van der Waals surface area (Å²) >= 11 is 0. The molecule has 46 heavy (non-hydrogen) atoms. The first kappa shape index (κ1) is 34.9. The molecule has 5 aliphatic rings. The Morgan fingerprint density at radius 1 is 0.413 bits per heavy atom. The Morgan fingerprint density at radius 3 is 0.848 bits per heavy atom. The zero-order valence-electron chi connectivity index (χ0n) is 27.9. The van der Waals surface area contributed by atoms with Crippen LogP contribution in [-0.2, 0) is 42.9 Å². The Bertz CT molecular complexity index is 909. The summed E-state index contributed by atoms with van der Waals surface area (Å²) in [5.74, 6) is -2.30. The second-order valence-corrected chi connectivity index (χ2v) is 15.2. The highest BCUT2D eigenvalue weighted by Gasteiger charge is 2.60. The predicted octanol–water partition coefficient (Wildman–Crippen LogP) is 6.82. The summed E-state index contributed by atoms with van der Waals surface area (Å²) in [6, 6.07) is 0. The van der Waals surface area contributed by atoms with Crippen molar-refractivity contribution < 1.29 is 42.9 Å². The molecule has 9 heteroatoms. The van der Waals surface area contributed by atoms with E-state index < -0.39 is 10.8 Å². The van der Waals surface area contributed by atoms with Gasteiger partial charge in [0.1, 0.15) is 26.4 Å². The van der Waals surface area contributed by atoms with E-state index in [0.717, 1.165) is 128 Å². The molecule has 9 nitrogen and oxygen atoms in total. The Labute approximate surface area is 274 Å². The highest BCUT2D eigenvalue weighted by Crippen LogP contribution is 2.48. The van der Waals surface area contributed by atoms with Crippen LogP contribution >= 0.6 is 0 Å². The van der Waals surface area contributed by atoms with E-state index in [1.54, 1.807) is 0 Å². The SMILES string of the molecule is O=C(OCC1(COC(=O)C2CCCCC2)CCC(COC(=O)C2CCCCC2)(COC(=O)C2CCCCC2)C1=O)C1CCCCC1. The smallest absolute Gasteiger partial charge is 0.308 e. The number of rotatable bonds is 12. The van der Waals surface area contributed by atoms with Crippen LogP contribution < -0.4 is 0 Å². The van der Waals surface area contributed by atoms with Gasteiger partial charge < -0.3 is 18.9 Å². The normalized spacial score (nSPS) is 24.7. The van der Waals surface area contributed by atoms with Gasteiger partial charge in [0.15, 0.2) is 5.78 Å². The fourth-order valence-electron chi connectivity index (χ4n) is 8.56. The standard InChI is InChI=1S/C37H56O9/c38-31(27-13-5-1-6-14-27)43-23-36(24-44-32(39)28-15-7-2-8-16-28)21-22-37(35(36)42,25-45-33(40)29-17-9-3-10-18-29)26-46-34(41)30-19-11-4-12-20-30/h27-30H,1-26H2. The number of ketones is 1. The number of hydrogen-bond donors (Lipinski definition) is 0. The van der Waals surface area contributed by atoms with E-state index in [4.69, 9.17) is 18.9 Å². The molecule has 5 aliphatic carbocycles. The van der Waals surface area contributed by atoms with Crippen LogP contribution in [0.15, 0.2) is 0 Å². The quantitative estimate of drug-likeness (QED) is 0.166. The highest BCUT2D eigenvalue weighted by molar-refractivity contribution is 5.94. The minimum Gasteiger partial charge on any atom is -0.464 e. The van der Waals surface area contributed by atoms with Crippen LogP contribution in [0.5, 0.6) is 0 Å². The molecular weight excluding hydrogens is 588 g/mol. The van der Waals surface area contributed by atoms with Crippen molar-refractivity contribution in [3.63, 3.8) is 0 Å². The van der Waals surface area contributed by atoms with Gasteiger partial charge in [0.25, 0.3) is 0 Å². The summed E-state index contributed by atoms with van der Waals surface area (Å²) in [5.41, 5.74) is -2.58. The minimum atomic E-state index is -1.29. The van der Waals surface area contributed by atoms with E-state index in [-0.39, 0.29) is 92.6 Å². The lowest BCUT2D eigenvalue weighted by molar-refractivity contribution is -0.167. The number of carbonyl (C=O) groups is 5. The molecule has 0 saturated heterocycles. The van der Waals surface area contributed by atoms with Gasteiger partial charge in [-0.25, -0.2) is 0 Å². The molecule has 5 rings (SSSR count). The summed E-state index contributed by atoms with van der Waals surface area (Å²) < 4.78 is 23.5. The number of carbonyl (C=O) groups excluding carboxylic acids is 5. The van der Waals surface area contributed by atoms with Crippen molar-refractivity contribution in [2.45, 2.75) is 141 Å². The largest absolute Gasteiger partial charge is 0.464 e. The second kappa shape index (κ2) is 16.6. The molecule has 0 aromatic heterocycles. The average molecular weight is 645 g/mol. The van der Waals surface area contributed by atoms with Gasteiger partial charge in [0.2, 0.25) is 0 Å². The van der Waals surface area contributed by atoms with Gasteiger partial charge >= 0.3 is 23.9 Å². The van der Waals surface area contributed by atoms with Gasteiger partial charge in [-0.05, 0) is 64.2 Å². The molecular formula is C37H56O9. The molecule has 0 amide bonds. The predicted molar refractivity (Wildman–Crippen MR) is 169 cm³/mol. The highest BCUT2D eigenvalue weighted by atomic mass is 16.6.